The monoisotopic (exact) mass is 295 g/mol. The SMILES string of the molecule is C/C(=N/Nc1nc(C)cc(C)n1)c1ccc(OCC#N)cc1. The second-order valence-electron chi connectivity index (χ2n) is 4.75. The number of anilines is 1. The van der Waals surface area contributed by atoms with E-state index in [4.69, 9.17) is 10.00 Å². The summed E-state index contributed by atoms with van der Waals surface area (Å²) in [6.45, 7) is 5.76. The molecule has 1 N–H and O–H groups in total. The van der Waals surface area contributed by atoms with Crippen LogP contribution in [-0.2, 0) is 0 Å². The van der Waals surface area contributed by atoms with Crippen molar-refractivity contribution in [1.29, 1.82) is 5.26 Å². The summed E-state index contributed by atoms with van der Waals surface area (Å²) in [5.74, 6) is 1.13. The molecule has 1 heterocycles. The van der Waals surface area contributed by atoms with Crippen molar-refractivity contribution in [2.75, 3.05) is 12.0 Å². The van der Waals surface area contributed by atoms with Gasteiger partial charge in [-0.1, -0.05) is 0 Å². The van der Waals surface area contributed by atoms with Crippen LogP contribution in [0.3, 0.4) is 0 Å². The largest absolute Gasteiger partial charge is 0.479 e. The second-order valence-corrected chi connectivity index (χ2v) is 4.75. The smallest absolute Gasteiger partial charge is 0.243 e. The number of ether oxygens (including phenoxy) is 1. The fraction of sp³-hybridized carbons (Fsp3) is 0.250. The van der Waals surface area contributed by atoms with Crippen LogP contribution in [0.5, 0.6) is 5.75 Å². The van der Waals surface area contributed by atoms with E-state index in [1.165, 1.54) is 0 Å². The molecule has 0 fully saturated rings. The van der Waals surface area contributed by atoms with Crippen LogP contribution in [-0.4, -0.2) is 22.3 Å². The van der Waals surface area contributed by atoms with Crippen molar-refractivity contribution in [2.24, 2.45) is 5.10 Å². The molecule has 22 heavy (non-hydrogen) atoms. The Morgan fingerprint density at radius 1 is 1.23 bits per heavy atom. The first-order valence-electron chi connectivity index (χ1n) is 6.81. The van der Waals surface area contributed by atoms with Gasteiger partial charge in [-0.15, -0.1) is 0 Å². The summed E-state index contributed by atoms with van der Waals surface area (Å²) in [5, 5.41) is 12.8. The van der Waals surface area contributed by atoms with Gasteiger partial charge in [0.25, 0.3) is 0 Å². The highest BCUT2D eigenvalue weighted by Crippen LogP contribution is 2.13. The molecule has 0 radical (unpaired) electrons. The Labute approximate surface area is 129 Å². The maximum absolute atomic E-state index is 8.47. The third-order valence-corrected chi connectivity index (χ3v) is 2.88. The summed E-state index contributed by atoms with van der Waals surface area (Å²) in [7, 11) is 0. The summed E-state index contributed by atoms with van der Waals surface area (Å²) < 4.78 is 5.21. The summed E-state index contributed by atoms with van der Waals surface area (Å²) in [5.41, 5.74) is 6.39. The van der Waals surface area contributed by atoms with Crippen molar-refractivity contribution in [1.82, 2.24) is 9.97 Å². The van der Waals surface area contributed by atoms with Crippen molar-refractivity contribution in [3.05, 3.63) is 47.3 Å². The van der Waals surface area contributed by atoms with Crippen LogP contribution in [0.15, 0.2) is 35.4 Å². The van der Waals surface area contributed by atoms with E-state index < -0.39 is 0 Å². The van der Waals surface area contributed by atoms with Gasteiger partial charge in [-0.25, -0.2) is 15.4 Å². The molecule has 0 aliphatic carbocycles. The van der Waals surface area contributed by atoms with Gasteiger partial charge in [0.2, 0.25) is 5.95 Å². The minimum absolute atomic E-state index is 0.0397. The molecular weight excluding hydrogens is 278 g/mol. The topological polar surface area (TPSA) is 83.2 Å². The number of hydrogen-bond donors (Lipinski definition) is 1. The number of nitrogens with zero attached hydrogens (tertiary/aromatic N) is 4. The second kappa shape index (κ2) is 7.18. The molecule has 2 aromatic rings. The highest BCUT2D eigenvalue weighted by Gasteiger charge is 2.01. The number of rotatable bonds is 5. The number of aromatic nitrogens is 2. The molecule has 1 aromatic heterocycles. The summed E-state index contributed by atoms with van der Waals surface area (Å²) in [4.78, 5) is 8.54. The van der Waals surface area contributed by atoms with Crippen LogP contribution < -0.4 is 10.2 Å². The third-order valence-electron chi connectivity index (χ3n) is 2.88. The van der Waals surface area contributed by atoms with E-state index in [1.807, 2.05) is 45.0 Å². The number of hydrogen-bond acceptors (Lipinski definition) is 6. The zero-order valence-electron chi connectivity index (χ0n) is 12.8. The maximum Gasteiger partial charge on any atom is 0.243 e. The molecule has 0 aliphatic heterocycles. The van der Waals surface area contributed by atoms with Crippen molar-refractivity contribution < 1.29 is 4.74 Å². The molecule has 6 heteroatoms. The normalized spacial score (nSPS) is 10.9. The Hall–Kier alpha value is -2.94. The third kappa shape index (κ3) is 4.28. The van der Waals surface area contributed by atoms with Gasteiger partial charge in [0.05, 0.1) is 5.71 Å². The van der Waals surface area contributed by atoms with Crippen molar-refractivity contribution in [3.8, 4) is 11.8 Å². The average molecular weight is 295 g/mol. The molecule has 6 nitrogen and oxygen atoms in total. The van der Waals surface area contributed by atoms with Crippen LogP contribution in [0.1, 0.15) is 23.9 Å². The molecule has 0 saturated heterocycles. The highest BCUT2D eigenvalue weighted by atomic mass is 16.5. The van der Waals surface area contributed by atoms with Gasteiger partial charge >= 0.3 is 0 Å². The van der Waals surface area contributed by atoms with E-state index in [0.29, 0.717) is 11.7 Å². The molecule has 0 saturated carbocycles. The zero-order chi connectivity index (χ0) is 15.9. The standard InChI is InChI=1S/C16H17N5O/c1-11-10-12(2)19-16(18-11)21-20-13(3)14-4-6-15(7-5-14)22-9-8-17/h4-7,10H,9H2,1-3H3,(H,18,19,21)/b20-13-. The first-order valence-corrected chi connectivity index (χ1v) is 6.81. The van der Waals surface area contributed by atoms with Crippen molar-refractivity contribution in [2.45, 2.75) is 20.8 Å². The van der Waals surface area contributed by atoms with Crippen LogP contribution in [0.4, 0.5) is 5.95 Å². The van der Waals surface area contributed by atoms with E-state index >= 15 is 0 Å². The Morgan fingerprint density at radius 3 is 2.45 bits per heavy atom. The van der Waals surface area contributed by atoms with Crippen LogP contribution >= 0.6 is 0 Å². The molecule has 0 atom stereocenters. The van der Waals surface area contributed by atoms with Crippen LogP contribution in [0.2, 0.25) is 0 Å². The Bertz CT molecular complexity index is 696. The van der Waals surface area contributed by atoms with E-state index in [2.05, 4.69) is 20.5 Å². The van der Waals surface area contributed by atoms with Gasteiger partial charge in [0.1, 0.15) is 11.8 Å². The predicted octanol–water partition coefficient (Wildman–Crippen LogP) is 2.83. The zero-order valence-corrected chi connectivity index (χ0v) is 12.8. The van der Waals surface area contributed by atoms with Gasteiger partial charge in [0, 0.05) is 11.4 Å². The van der Waals surface area contributed by atoms with E-state index in [-0.39, 0.29) is 6.61 Å². The molecule has 0 unspecified atom stereocenters. The average Bonchev–Trinajstić information content (AvgIpc) is 2.50. The molecule has 0 aliphatic rings. The van der Waals surface area contributed by atoms with Gasteiger partial charge in [0.15, 0.2) is 6.61 Å². The van der Waals surface area contributed by atoms with E-state index in [9.17, 15) is 0 Å². The fourth-order valence-corrected chi connectivity index (χ4v) is 1.88. The molecule has 2 rings (SSSR count). The Balaban J connectivity index is 2.07. The summed E-state index contributed by atoms with van der Waals surface area (Å²) in [6.07, 6.45) is 0. The summed E-state index contributed by atoms with van der Waals surface area (Å²) >= 11 is 0. The molecule has 112 valence electrons. The Kier molecular flexibility index (Phi) is 5.04. The van der Waals surface area contributed by atoms with E-state index in [1.54, 1.807) is 12.1 Å². The molecule has 0 amide bonds. The number of nitriles is 1. The summed E-state index contributed by atoms with van der Waals surface area (Å²) in [6, 6.07) is 11.2. The minimum atomic E-state index is 0.0397. The molecule has 0 spiro atoms. The number of aryl methyl sites for hydroxylation is 2. The maximum atomic E-state index is 8.47. The number of hydrazone groups is 1. The van der Waals surface area contributed by atoms with Crippen LogP contribution in [0.25, 0.3) is 0 Å². The first-order chi connectivity index (χ1) is 10.6. The van der Waals surface area contributed by atoms with Crippen molar-refractivity contribution in [3.63, 3.8) is 0 Å². The molecule has 1 aromatic carbocycles. The molecular formula is C16H17N5O. The van der Waals surface area contributed by atoms with Gasteiger partial charge in [-0.2, -0.15) is 10.4 Å². The van der Waals surface area contributed by atoms with Gasteiger partial charge < -0.3 is 4.74 Å². The van der Waals surface area contributed by atoms with E-state index in [0.717, 1.165) is 22.7 Å². The highest BCUT2D eigenvalue weighted by molar-refractivity contribution is 5.99. The lowest BCUT2D eigenvalue weighted by atomic mass is 10.1. The van der Waals surface area contributed by atoms with Gasteiger partial charge in [-0.3, -0.25) is 0 Å². The predicted molar refractivity (Wildman–Crippen MR) is 84.9 cm³/mol. The molecule has 0 bridgehead atoms. The fourth-order valence-electron chi connectivity index (χ4n) is 1.88. The lowest BCUT2D eigenvalue weighted by Gasteiger charge is -2.05. The van der Waals surface area contributed by atoms with Gasteiger partial charge in [-0.05, 0) is 56.7 Å². The van der Waals surface area contributed by atoms with Crippen LogP contribution in [0, 0.1) is 25.2 Å². The number of nitrogens with one attached hydrogen (secondary N) is 1. The quantitative estimate of drug-likeness (QED) is 0.677. The lowest BCUT2D eigenvalue weighted by Crippen LogP contribution is -2.04. The Morgan fingerprint density at radius 2 is 1.86 bits per heavy atom. The number of benzene rings is 1. The first kappa shape index (κ1) is 15.4. The lowest BCUT2D eigenvalue weighted by molar-refractivity contribution is 0.368. The van der Waals surface area contributed by atoms with Crippen molar-refractivity contribution >= 4 is 11.7 Å². The minimum Gasteiger partial charge on any atom is -0.479 e.